The number of nitrogens with one attached hydrogen (secondary N) is 1. The molecule has 0 aliphatic heterocycles. The monoisotopic (exact) mass is 269 g/mol. The Balaban J connectivity index is 1.99. The molecule has 20 heavy (non-hydrogen) atoms. The summed E-state index contributed by atoms with van der Waals surface area (Å²) in [5.74, 6) is 0.737. The first-order valence-corrected chi connectivity index (χ1v) is 6.67. The summed E-state index contributed by atoms with van der Waals surface area (Å²) in [7, 11) is 1.61. The van der Waals surface area contributed by atoms with Crippen molar-refractivity contribution in [3.63, 3.8) is 0 Å². The van der Waals surface area contributed by atoms with Crippen molar-refractivity contribution in [2.45, 2.75) is 19.4 Å². The van der Waals surface area contributed by atoms with Gasteiger partial charge in [-0.3, -0.25) is 4.79 Å². The molecule has 0 bridgehead atoms. The number of carbonyl (C=O) groups excluding carboxylic acids is 1. The van der Waals surface area contributed by atoms with Gasteiger partial charge in [0.1, 0.15) is 5.75 Å². The van der Waals surface area contributed by atoms with Crippen molar-refractivity contribution >= 4 is 5.91 Å². The SMILES string of the molecule is COc1ccccc1CC(=O)N[C@H](C)c1ccccc1. The second-order valence-corrected chi connectivity index (χ2v) is 4.69. The minimum absolute atomic E-state index is 0.00147. The van der Waals surface area contributed by atoms with Crippen LogP contribution in [-0.4, -0.2) is 13.0 Å². The molecule has 0 saturated carbocycles. The number of ether oxygens (including phenoxy) is 1. The maximum absolute atomic E-state index is 12.1. The van der Waals surface area contributed by atoms with E-state index in [1.807, 2.05) is 61.5 Å². The van der Waals surface area contributed by atoms with Crippen LogP contribution in [0.4, 0.5) is 0 Å². The molecule has 104 valence electrons. The zero-order chi connectivity index (χ0) is 14.4. The molecule has 0 aromatic heterocycles. The van der Waals surface area contributed by atoms with Gasteiger partial charge in [0, 0.05) is 5.56 Å². The average Bonchev–Trinajstić information content (AvgIpc) is 2.48. The van der Waals surface area contributed by atoms with E-state index in [1.54, 1.807) is 7.11 Å². The molecule has 0 heterocycles. The Morgan fingerprint density at radius 3 is 2.45 bits per heavy atom. The zero-order valence-corrected chi connectivity index (χ0v) is 11.8. The van der Waals surface area contributed by atoms with Crippen molar-refractivity contribution < 1.29 is 9.53 Å². The van der Waals surface area contributed by atoms with Crippen molar-refractivity contribution in [2.24, 2.45) is 0 Å². The second-order valence-electron chi connectivity index (χ2n) is 4.69. The first-order chi connectivity index (χ1) is 9.70. The van der Waals surface area contributed by atoms with Gasteiger partial charge >= 0.3 is 0 Å². The van der Waals surface area contributed by atoms with Gasteiger partial charge in [-0.2, -0.15) is 0 Å². The van der Waals surface area contributed by atoms with Crippen LogP contribution in [0.5, 0.6) is 5.75 Å². The van der Waals surface area contributed by atoms with Crippen molar-refractivity contribution in [2.75, 3.05) is 7.11 Å². The number of para-hydroxylation sites is 1. The van der Waals surface area contributed by atoms with Crippen molar-refractivity contribution in [3.05, 3.63) is 65.7 Å². The molecule has 0 aliphatic rings. The summed E-state index contributed by atoms with van der Waals surface area (Å²) in [5, 5.41) is 3.00. The number of hydrogen-bond acceptors (Lipinski definition) is 2. The number of amides is 1. The van der Waals surface area contributed by atoms with Crippen molar-refractivity contribution in [1.82, 2.24) is 5.32 Å². The van der Waals surface area contributed by atoms with Gasteiger partial charge in [-0.1, -0.05) is 48.5 Å². The molecular formula is C17H19NO2. The van der Waals surface area contributed by atoms with E-state index in [0.29, 0.717) is 6.42 Å². The molecule has 0 fully saturated rings. The van der Waals surface area contributed by atoms with Crippen LogP contribution < -0.4 is 10.1 Å². The highest BCUT2D eigenvalue weighted by atomic mass is 16.5. The molecule has 1 N–H and O–H groups in total. The lowest BCUT2D eigenvalue weighted by Crippen LogP contribution is -2.28. The molecule has 0 unspecified atom stereocenters. The Morgan fingerprint density at radius 1 is 1.10 bits per heavy atom. The first kappa shape index (κ1) is 14.1. The van der Waals surface area contributed by atoms with Crippen LogP contribution in [0.3, 0.4) is 0 Å². The molecule has 0 spiro atoms. The van der Waals surface area contributed by atoms with Crippen LogP contribution in [0.25, 0.3) is 0 Å². The first-order valence-electron chi connectivity index (χ1n) is 6.67. The Bertz CT molecular complexity index is 566. The van der Waals surface area contributed by atoms with Crippen molar-refractivity contribution in [3.8, 4) is 5.75 Å². The van der Waals surface area contributed by atoms with E-state index < -0.39 is 0 Å². The molecule has 2 aromatic carbocycles. The van der Waals surface area contributed by atoms with Crippen LogP contribution in [-0.2, 0) is 11.2 Å². The summed E-state index contributed by atoms with van der Waals surface area (Å²) in [6.07, 6.45) is 0.321. The number of carbonyl (C=O) groups is 1. The molecule has 2 rings (SSSR count). The third-order valence-electron chi connectivity index (χ3n) is 3.22. The molecule has 3 nitrogen and oxygen atoms in total. The quantitative estimate of drug-likeness (QED) is 0.905. The van der Waals surface area contributed by atoms with E-state index in [1.165, 1.54) is 0 Å². The summed E-state index contributed by atoms with van der Waals surface area (Å²) < 4.78 is 5.26. The van der Waals surface area contributed by atoms with Gasteiger partial charge in [0.2, 0.25) is 5.91 Å². The van der Waals surface area contributed by atoms with Crippen molar-refractivity contribution in [1.29, 1.82) is 0 Å². The Morgan fingerprint density at radius 2 is 1.75 bits per heavy atom. The van der Waals surface area contributed by atoms with Crippen LogP contribution in [0, 0.1) is 0 Å². The second kappa shape index (κ2) is 6.75. The van der Waals surface area contributed by atoms with E-state index in [4.69, 9.17) is 4.74 Å². The largest absolute Gasteiger partial charge is 0.496 e. The highest BCUT2D eigenvalue weighted by molar-refractivity contribution is 5.79. The number of rotatable bonds is 5. The van der Waals surface area contributed by atoms with Gasteiger partial charge in [0.15, 0.2) is 0 Å². The Kier molecular flexibility index (Phi) is 4.77. The lowest BCUT2D eigenvalue weighted by molar-refractivity contribution is -0.121. The number of methoxy groups -OCH3 is 1. The van der Waals surface area contributed by atoms with Crippen LogP contribution in [0.1, 0.15) is 24.1 Å². The maximum Gasteiger partial charge on any atom is 0.225 e. The standard InChI is InChI=1S/C17H19NO2/c1-13(14-8-4-3-5-9-14)18-17(19)12-15-10-6-7-11-16(15)20-2/h3-11,13H,12H2,1-2H3,(H,18,19)/t13-/m1/s1. The summed E-state index contributed by atoms with van der Waals surface area (Å²) in [6, 6.07) is 17.5. The molecule has 2 aromatic rings. The van der Waals surface area contributed by atoms with E-state index in [0.717, 1.165) is 16.9 Å². The predicted molar refractivity (Wildman–Crippen MR) is 79.7 cm³/mol. The van der Waals surface area contributed by atoms with E-state index >= 15 is 0 Å². The lowest BCUT2D eigenvalue weighted by atomic mass is 10.1. The fourth-order valence-corrected chi connectivity index (χ4v) is 2.14. The summed E-state index contributed by atoms with van der Waals surface area (Å²) >= 11 is 0. The zero-order valence-electron chi connectivity index (χ0n) is 11.8. The normalized spacial score (nSPS) is 11.7. The molecule has 1 amide bonds. The molecule has 1 atom stereocenters. The van der Waals surface area contributed by atoms with Gasteiger partial charge in [-0.25, -0.2) is 0 Å². The predicted octanol–water partition coefficient (Wildman–Crippen LogP) is 3.12. The minimum Gasteiger partial charge on any atom is -0.496 e. The highest BCUT2D eigenvalue weighted by Crippen LogP contribution is 2.18. The van der Waals surface area contributed by atoms with Gasteiger partial charge < -0.3 is 10.1 Å². The fourth-order valence-electron chi connectivity index (χ4n) is 2.14. The Hall–Kier alpha value is -2.29. The van der Waals surface area contributed by atoms with Crippen LogP contribution in [0.2, 0.25) is 0 Å². The smallest absolute Gasteiger partial charge is 0.225 e. The molecule has 0 saturated heterocycles. The van der Waals surface area contributed by atoms with Gasteiger partial charge in [-0.05, 0) is 18.6 Å². The third kappa shape index (κ3) is 3.60. The summed E-state index contributed by atoms with van der Waals surface area (Å²) in [5.41, 5.74) is 1.99. The molecule has 3 heteroatoms. The minimum atomic E-state index is -0.00847. The van der Waals surface area contributed by atoms with E-state index in [-0.39, 0.29) is 11.9 Å². The third-order valence-corrected chi connectivity index (χ3v) is 3.22. The topological polar surface area (TPSA) is 38.3 Å². The summed E-state index contributed by atoms with van der Waals surface area (Å²) in [4.78, 5) is 12.1. The van der Waals surface area contributed by atoms with Gasteiger partial charge in [0.25, 0.3) is 0 Å². The molecule has 0 aliphatic carbocycles. The van der Waals surface area contributed by atoms with Crippen LogP contribution >= 0.6 is 0 Å². The van der Waals surface area contributed by atoms with Crippen LogP contribution in [0.15, 0.2) is 54.6 Å². The van der Waals surface area contributed by atoms with E-state index in [2.05, 4.69) is 5.32 Å². The van der Waals surface area contributed by atoms with E-state index in [9.17, 15) is 4.79 Å². The molecule has 0 radical (unpaired) electrons. The van der Waals surface area contributed by atoms with Gasteiger partial charge in [-0.15, -0.1) is 0 Å². The summed E-state index contributed by atoms with van der Waals surface area (Å²) in [6.45, 7) is 1.98. The number of hydrogen-bond donors (Lipinski definition) is 1. The average molecular weight is 269 g/mol. The Labute approximate surface area is 119 Å². The lowest BCUT2D eigenvalue weighted by Gasteiger charge is -2.15. The van der Waals surface area contributed by atoms with Gasteiger partial charge in [0.05, 0.1) is 19.6 Å². The maximum atomic E-state index is 12.1. The number of benzene rings is 2. The fraction of sp³-hybridized carbons (Fsp3) is 0.235. The molecular weight excluding hydrogens is 250 g/mol. The highest BCUT2D eigenvalue weighted by Gasteiger charge is 2.11.